The fourth-order valence-corrected chi connectivity index (χ4v) is 2.67. The van der Waals surface area contributed by atoms with Gasteiger partial charge in [-0.05, 0) is 0 Å². The number of ether oxygens (including phenoxy) is 1. The number of carboxylic acids is 3. The number of anilines is 1. The Bertz CT molecular complexity index is 1010. The number of fused-ring (bicyclic) bond motifs is 1. The van der Waals surface area contributed by atoms with Crippen LogP contribution in [-0.4, -0.2) is 93.0 Å². The average molecular weight is 441 g/mol. The lowest BCUT2D eigenvalue weighted by Gasteiger charge is -2.16. The van der Waals surface area contributed by atoms with Gasteiger partial charge in [0.1, 0.15) is 30.2 Å². The van der Waals surface area contributed by atoms with Crippen LogP contribution in [0.4, 0.5) is 5.82 Å². The van der Waals surface area contributed by atoms with E-state index < -0.39 is 61.0 Å². The lowest BCUT2D eigenvalue weighted by Crippen LogP contribution is -2.33. The molecule has 168 valence electrons. The van der Waals surface area contributed by atoms with Crippen LogP contribution in [0.25, 0.3) is 11.2 Å². The lowest BCUT2D eigenvalue weighted by atomic mass is 10.1. The molecule has 15 heteroatoms. The topological polar surface area (TPSA) is 251 Å². The van der Waals surface area contributed by atoms with Crippen molar-refractivity contribution in [3.05, 3.63) is 24.3 Å². The number of carboxylic acid groups (broad SMARTS) is 3. The quantitative estimate of drug-likeness (QED) is 0.230. The Morgan fingerprint density at radius 1 is 1.13 bits per heavy atom. The molecule has 0 amide bonds. The van der Waals surface area contributed by atoms with Gasteiger partial charge in [0.2, 0.25) is 0 Å². The highest BCUT2D eigenvalue weighted by Gasteiger charge is 2.43. The van der Waals surface area contributed by atoms with Crippen molar-refractivity contribution in [1.82, 2.24) is 19.5 Å². The molecule has 8 N–H and O–H groups in total. The Balaban J connectivity index is 0.000000248. The number of aliphatic hydroxyl groups excluding tert-OH is 3. The molecule has 0 aliphatic carbocycles. The Kier molecular flexibility index (Phi) is 7.54. The van der Waals surface area contributed by atoms with Gasteiger partial charge in [-0.15, -0.1) is 0 Å². The summed E-state index contributed by atoms with van der Waals surface area (Å²) in [5.74, 6) is -4.19. The first kappa shape index (κ1) is 23.6. The molecule has 0 bridgehead atoms. The van der Waals surface area contributed by atoms with Crippen LogP contribution in [-0.2, 0) is 19.1 Å². The van der Waals surface area contributed by atoms with Crippen molar-refractivity contribution >= 4 is 34.9 Å². The Labute approximate surface area is 172 Å². The normalized spacial score (nSPS) is 23.3. The van der Waals surface area contributed by atoms with Crippen molar-refractivity contribution in [2.45, 2.75) is 31.0 Å². The zero-order chi connectivity index (χ0) is 23.3. The molecule has 0 spiro atoms. The van der Waals surface area contributed by atoms with Gasteiger partial charge in [0, 0.05) is 6.08 Å². The Morgan fingerprint density at radius 2 is 1.81 bits per heavy atom. The van der Waals surface area contributed by atoms with E-state index in [1.54, 1.807) is 0 Å². The third-order valence-corrected chi connectivity index (χ3v) is 4.09. The summed E-state index contributed by atoms with van der Waals surface area (Å²) in [5.41, 5.74) is 5.79. The molecule has 0 aromatic carbocycles. The van der Waals surface area contributed by atoms with Crippen LogP contribution in [0.15, 0.2) is 24.3 Å². The molecule has 1 fully saturated rings. The minimum atomic E-state index is -1.54. The summed E-state index contributed by atoms with van der Waals surface area (Å²) >= 11 is 0. The molecule has 3 heterocycles. The van der Waals surface area contributed by atoms with Gasteiger partial charge in [0.05, 0.1) is 24.9 Å². The maximum Gasteiger partial charge on any atom is 0.332 e. The van der Waals surface area contributed by atoms with Gasteiger partial charge in [0.25, 0.3) is 0 Å². The van der Waals surface area contributed by atoms with E-state index in [1.807, 2.05) is 0 Å². The van der Waals surface area contributed by atoms with E-state index in [1.165, 1.54) is 17.2 Å². The number of hydrogen-bond acceptors (Lipinski definition) is 11. The number of aliphatic hydroxyl groups is 3. The van der Waals surface area contributed by atoms with Gasteiger partial charge in [0.15, 0.2) is 17.7 Å². The number of nitrogen functional groups attached to an aromatic ring is 1. The third kappa shape index (κ3) is 5.48. The molecule has 0 unspecified atom stereocenters. The summed E-state index contributed by atoms with van der Waals surface area (Å²) in [6.07, 6.45) is -1.87. The van der Waals surface area contributed by atoms with E-state index >= 15 is 0 Å². The molecular formula is C16H19N5O10. The molecule has 3 rings (SSSR count). The van der Waals surface area contributed by atoms with E-state index in [-0.39, 0.29) is 5.82 Å². The van der Waals surface area contributed by atoms with E-state index in [0.29, 0.717) is 17.2 Å². The highest BCUT2D eigenvalue weighted by atomic mass is 16.6. The first-order chi connectivity index (χ1) is 14.6. The summed E-state index contributed by atoms with van der Waals surface area (Å²) in [4.78, 5) is 42.0. The summed E-state index contributed by atoms with van der Waals surface area (Å²) < 4.78 is 6.85. The fourth-order valence-electron chi connectivity index (χ4n) is 2.67. The van der Waals surface area contributed by atoms with Gasteiger partial charge >= 0.3 is 17.9 Å². The minimum Gasteiger partial charge on any atom is -0.481 e. The van der Waals surface area contributed by atoms with E-state index in [4.69, 9.17) is 30.9 Å². The number of imidazole rings is 1. The van der Waals surface area contributed by atoms with Crippen molar-refractivity contribution in [3.8, 4) is 0 Å². The molecule has 1 aliphatic rings. The van der Waals surface area contributed by atoms with Crippen LogP contribution in [0.2, 0.25) is 0 Å². The molecule has 1 aliphatic heterocycles. The van der Waals surface area contributed by atoms with Crippen LogP contribution in [0.5, 0.6) is 0 Å². The largest absolute Gasteiger partial charge is 0.481 e. The number of nitrogens with two attached hydrogens (primary N) is 1. The van der Waals surface area contributed by atoms with E-state index in [0.717, 1.165) is 0 Å². The first-order valence-corrected chi connectivity index (χ1v) is 8.50. The maximum atomic E-state index is 10.2. The summed E-state index contributed by atoms with van der Waals surface area (Å²) in [5, 5.41) is 53.3. The van der Waals surface area contributed by atoms with E-state index in [9.17, 15) is 24.6 Å². The standard InChI is InChI=1S/C10H13N5O4.C6H6O6/c11-8-5-9(13-2-12-8)15(3-14-5)10-7(18)6(17)4(1-16)19-10;7-4(8)1-3(6(11)12)2-5(9)10/h2-4,6-7,10,16-18H,1H2,(H2,11,12,13);1H,2H2,(H,7,8)(H,9,10)(H,11,12)/t4-,6-,7-,10-;/m1./s1. The third-order valence-electron chi connectivity index (χ3n) is 4.09. The zero-order valence-electron chi connectivity index (χ0n) is 15.6. The number of rotatable bonds is 6. The van der Waals surface area contributed by atoms with Crippen molar-refractivity contribution < 1.29 is 49.8 Å². The second-order valence-corrected chi connectivity index (χ2v) is 6.20. The Morgan fingerprint density at radius 3 is 2.32 bits per heavy atom. The minimum absolute atomic E-state index is 0.218. The second kappa shape index (κ2) is 9.90. The summed E-state index contributed by atoms with van der Waals surface area (Å²) in [6, 6.07) is 0. The number of aromatic nitrogens is 4. The summed E-state index contributed by atoms with van der Waals surface area (Å²) in [6.45, 7) is -0.390. The number of hydrogen-bond donors (Lipinski definition) is 7. The maximum absolute atomic E-state index is 10.2. The summed E-state index contributed by atoms with van der Waals surface area (Å²) in [7, 11) is 0. The van der Waals surface area contributed by atoms with Crippen LogP contribution in [0.3, 0.4) is 0 Å². The lowest BCUT2D eigenvalue weighted by molar-refractivity contribution is -0.140. The SMILES string of the molecule is Nc1ncnc2c1ncn2[C@@H]1O[C@H](CO)[C@@H](O)[C@H]1O.O=C(O)C=C(CC(=O)O)C(=O)O. The average Bonchev–Trinajstić information content (AvgIpc) is 3.23. The zero-order valence-corrected chi connectivity index (χ0v) is 15.6. The van der Waals surface area contributed by atoms with E-state index in [2.05, 4.69) is 15.0 Å². The van der Waals surface area contributed by atoms with Crippen LogP contribution in [0, 0.1) is 0 Å². The van der Waals surface area contributed by atoms with Crippen LogP contribution < -0.4 is 5.73 Å². The van der Waals surface area contributed by atoms with Gasteiger partial charge in [-0.3, -0.25) is 9.36 Å². The van der Waals surface area contributed by atoms with Gasteiger partial charge in [-0.1, -0.05) is 0 Å². The first-order valence-electron chi connectivity index (χ1n) is 8.50. The predicted octanol–water partition coefficient (Wildman–Crippen LogP) is -2.42. The molecule has 0 saturated carbocycles. The van der Waals surface area contributed by atoms with Crippen molar-refractivity contribution in [3.63, 3.8) is 0 Å². The monoisotopic (exact) mass is 441 g/mol. The molecule has 31 heavy (non-hydrogen) atoms. The Hall–Kier alpha value is -3.66. The fraction of sp³-hybridized carbons (Fsp3) is 0.375. The van der Waals surface area contributed by atoms with Gasteiger partial charge in [-0.25, -0.2) is 24.5 Å². The molecular weight excluding hydrogens is 422 g/mol. The number of aliphatic carboxylic acids is 3. The predicted molar refractivity (Wildman–Crippen MR) is 98.4 cm³/mol. The van der Waals surface area contributed by atoms with Crippen LogP contribution in [0.1, 0.15) is 12.6 Å². The molecule has 0 radical (unpaired) electrons. The smallest absolute Gasteiger partial charge is 0.332 e. The highest BCUT2D eigenvalue weighted by molar-refractivity contribution is 5.98. The van der Waals surface area contributed by atoms with Gasteiger partial charge in [-0.2, -0.15) is 0 Å². The molecule has 15 nitrogen and oxygen atoms in total. The molecule has 2 aromatic rings. The highest BCUT2D eigenvalue weighted by Crippen LogP contribution is 2.31. The van der Waals surface area contributed by atoms with Crippen LogP contribution >= 0.6 is 0 Å². The number of carbonyl (C=O) groups is 3. The van der Waals surface area contributed by atoms with Crippen molar-refractivity contribution in [2.75, 3.05) is 12.3 Å². The molecule has 2 aromatic heterocycles. The molecule has 4 atom stereocenters. The van der Waals surface area contributed by atoms with Crippen molar-refractivity contribution in [2.24, 2.45) is 0 Å². The van der Waals surface area contributed by atoms with Gasteiger partial charge < -0.3 is 41.1 Å². The van der Waals surface area contributed by atoms with Crippen molar-refractivity contribution in [1.29, 1.82) is 0 Å². The second-order valence-electron chi connectivity index (χ2n) is 6.20. The molecule has 1 saturated heterocycles. The number of nitrogens with zero attached hydrogens (tertiary/aromatic N) is 4.